The first kappa shape index (κ1) is 15.0. The number of hydrogen-bond acceptors (Lipinski definition) is 4. The molecule has 0 unspecified atom stereocenters. The van der Waals surface area contributed by atoms with E-state index in [9.17, 15) is 15.2 Å². The molecule has 0 amide bonds. The predicted molar refractivity (Wildman–Crippen MR) is 79.6 cm³/mol. The van der Waals surface area contributed by atoms with Gasteiger partial charge in [0.25, 0.3) is 0 Å². The quantitative estimate of drug-likeness (QED) is 0.691. The number of nitro benzene ring substituents is 1. The first-order valence-electron chi connectivity index (χ1n) is 6.51. The van der Waals surface area contributed by atoms with Crippen LogP contribution in [0.25, 0.3) is 0 Å². The Hall–Kier alpha value is -2.40. The lowest BCUT2D eigenvalue weighted by Crippen LogP contribution is -2.02. The maximum Gasteiger partial charge on any atom is 0.311 e. The Morgan fingerprint density at radius 1 is 1.10 bits per heavy atom. The van der Waals surface area contributed by atoms with E-state index in [1.54, 1.807) is 6.07 Å². The van der Waals surface area contributed by atoms with Crippen molar-refractivity contribution in [1.82, 2.24) is 0 Å². The Kier molecular flexibility index (Phi) is 4.23. The van der Waals surface area contributed by atoms with Crippen LogP contribution in [0.3, 0.4) is 0 Å². The lowest BCUT2D eigenvalue weighted by Gasteiger charge is -2.14. The molecule has 0 bridgehead atoms. The van der Waals surface area contributed by atoms with Crippen LogP contribution in [0.15, 0.2) is 36.4 Å². The summed E-state index contributed by atoms with van der Waals surface area (Å²) in [4.78, 5) is 10.5. The number of aliphatic hydroxyl groups excluding tert-OH is 1. The van der Waals surface area contributed by atoms with Crippen LogP contribution in [0.4, 0.5) is 5.69 Å². The second kappa shape index (κ2) is 5.93. The van der Waals surface area contributed by atoms with E-state index >= 15 is 0 Å². The van der Waals surface area contributed by atoms with Crippen LogP contribution in [0, 0.1) is 24.0 Å². The van der Waals surface area contributed by atoms with E-state index in [0.717, 1.165) is 11.1 Å². The number of rotatable bonds is 4. The highest BCUT2D eigenvalue weighted by atomic mass is 16.6. The summed E-state index contributed by atoms with van der Waals surface area (Å²) in [7, 11) is 1.38. The topological polar surface area (TPSA) is 72.6 Å². The molecule has 0 aromatic heterocycles. The van der Waals surface area contributed by atoms with Gasteiger partial charge in [0.1, 0.15) is 6.10 Å². The van der Waals surface area contributed by atoms with E-state index < -0.39 is 11.0 Å². The van der Waals surface area contributed by atoms with Gasteiger partial charge in [0.05, 0.1) is 12.0 Å². The summed E-state index contributed by atoms with van der Waals surface area (Å²) in [6, 6.07) is 10.1. The van der Waals surface area contributed by atoms with Crippen molar-refractivity contribution >= 4 is 5.69 Å². The number of benzene rings is 2. The molecule has 5 nitrogen and oxygen atoms in total. The molecule has 2 aromatic rings. The Morgan fingerprint density at radius 2 is 1.71 bits per heavy atom. The minimum Gasteiger partial charge on any atom is -0.490 e. The molecule has 0 aliphatic heterocycles. The largest absolute Gasteiger partial charge is 0.490 e. The molecule has 110 valence electrons. The summed E-state index contributed by atoms with van der Waals surface area (Å²) in [5.74, 6) is 0.177. The highest BCUT2D eigenvalue weighted by Crippen LogP contribution is 2.32. The molecule has 0 saturated carbocycles. The zero-order valence-electron chi connectivity index (χ0n) is 12.2. The van der Waals surface area contributed by atoms with E-state index in [0.29, 0.717) is 11.1 Å². The Morgan fingerprint density at radius 3 is 2.29 bits per heavy atom. The molecule has 1 atom stereocenters. The SMILES string of the molecule is COc1ccc([C@@H](O)c2ccc(C)c(C)c2)cc1[N+](=O)[O-]. The van der Waals surface area contributed by atoms with E-state index in [1.807, 2.05) is 32.0 Å². The van der Waals surface area contributed by atoms with Gasteiger partial charge in [0.15, 0.2) is 5.75 Å². The highest BCUT2D eigenvalue weighted by molar-refractivity contribution is 5.50. The maximum atomic E-state index is 11.0. The van der Waals surface area contributed by atoms with Gasteiger partial charge in [-0.25, -0.2) is 0 Å². The highest BCUT2D eigenvalue weighted by Gasteiger charge is 2.19. The van der Waals surface area contributed by atoms with E-state index in [4.69, 9.17) is 4.74 Å². The van der Waals surface area contributed by atoms with Crippen molar-refractivity contribution in [2.75, 3.05) is 7.11 Å². The van der Waals surface area contributed by atoms with Crippen molar-refractivity contribution in [3.8, 4) is 5.75 Å². The first-order valence-corrected chi connectivity index (χ1v) is 6.51. The summed E-state index contributed by atoms with van der Waals surface area (Å²) >= 11 is 0. The molecule has 2 rings (SSSR count). The molecular formula is C16H17NO4. The Bertz CT molecular complexity index is 682. The van der Waals surface area contributed by atoms with Gasteiger partial charge in [-0.05, 0) is 42.2 Å². The van der Waals surface area contributed by atoms with Crippen molar-refractivity contribution in [2.24, 2.45) is 0 Å². The summed E-state index contributed by atoms with van der Waals surface area (Å²) in [5, 5.41) is 21.4. The van der Waals surface area contributed by atoms with E-state index in [1.165, 1.54) is 19.2 Å². The van der Waals surface area contributed by atoms with Gasteiger partial charge < -0.3 is 9.84 Å². The van der Waals surface area contributed by atoms with Crippen LogP contribution in [0.1, 0.15) is 28.4 Å². The minimum atomic E-state index is -0.908. The molecule has 0 aliphatic carbocycles. The number of methoxy groups -OCH3 is 1. The number of aliphatic hydroxyl groups is 1. The fraction of sp³-hybridized carbons (Fsp3) is 0.250. The number of nitrogens with zero attached hydrogens (tertiary/aromatic N) is 1. The number of nitro groups is 1. The van der Waals surface area contributed by atoms with Gasteiger partial charge in [0, 0.05) is 6.07 Å². The monoisotopic (exact) mass is 287 g/mol. The maximum absolute atomic E-state index is 11.0. The summed E-state index contributed by atoms with van der Waals surface area (Å²) < 4.78 is 4.96. The number of hydrogen-bond donors (Lipinski definition) is 1. The average Bonchev–Trinajstić information content (AvgIpc) is 2.48. The molecular weight excluding hydrogens is 270 g/mol. The smallest absolute Gasteiger partial charge is 0.311 e. The zero-order chi connectivity index (χ0) is 15.6. The van der Waals surface area contributed by atoms with Crippen LogP contribution in [-0.4, -0.2) is 17.1 Å². The molecule has 0 radical (unpaired) electrons. The predicted octanol–water partition coefficient (Wildman–Crippen LogP) is 3.30. The first-order chi connectivity index (χ1) is 9.93. The van der Waals surface area contributed by atoms with Gasteiger partial charge in [-0.15, -0.1) is 0 Å². The third kappa shape index (κ3) is 3.03. The van der Waals surface area contributed by atoms with Crippen molar-refractivity contribution in [3.63, 3.8) is 0 Å². The lowest BCUT2D eigenvalue weighted by atomic mass is 9.97. The molecule has 0 spiro atoms. The van der Waals surface area contributed by atoms with Crippen LogP contribution in [0.5, 0.6) is 5.75 Å². The van der Waals surface area contributed by atoms with Crippen molar-refractivity contribution < 1.29 is 14.8 Å². The van der Waals surface area contributed by atoms with E-state index in [2.05, 4.69) is 0 Å². The average molecular weight is 287 g/mol. The zero-order valence-corrected chi connectivity index (χ0v) is 12.2. The van der Waals surface area contributed by atoms with E-state index in [-0.39, 0.29) is 11.4 Å². The van der Waals surface area contributed by atoms with Gasteiger partial charge in [-0.1, -0.05) is 24.3 Å². The molecule has 0 saturated heterocycles. The van der Waals surface area contributed by atoms with Gasteiger partial charge in [-0.3, -0.25) is 10.1 Å². The Balaban J connectivity index is 2.43. The van der Waals surface area contributed by atoms with Crippen LogP contribution in [0.2, 0.25) is 0 Å². The second-order valence-corrected chi connectivity index (χ2v) is 4.93. The molecule has 1 N–H and O–H groups in total. The summed E-state index contributed by atoms with van der Waals surface area (Å²) in [6.07, 6.45) is -0.908. The minimum absolute atomic E-state index is 0.155. The van der Waals surface area contributed by atoms with Crippen molar-refractivity contribution in [2.45, 2.75) is 20.0 Å². The third-order valence-electron chi connectivity index (χ3n) is 3.56. The second-order valence-electron chi connectivity index (χ2n) is 4.93. The van der Waals surface area contributed by atoms with Crippen LogP contribution >= 0.6 is 0 Å². The van der Waals surface area contributed by atoms with Crippen LogP contribution < -0.4 is 4.74 Å². The number of ether oxygens (including phenoxy) is 1. The Labute approximate surface area is 123 Å². The summed E-state index contributed by atoms with van der Waals surface area (Å²) in [5.41, 5.74) is 3.21. The lowest BCUT2D eigenvalue weighted by molar-refractivity contribution is -0.385. The number of aryl methyl sites for hydroxylation is 2. The molecule has 2 aromatic carbocycles. The molecule has 0 heterocycles. The fourth-order valence-corrected chi connectivity index (χ4v) is 2.15. The summed E-state index contributed by atoms with van der Waals surface area (Å²) in [6.45, 7) is 3.95. The van der Waals surface area contributed by atoms with Gasteiger partial charge >= 0.3 is 5.69 Å². The molecule has 0 aliphatic rings. The fourth-order valence-electron chi connectivity index (χ4n) is 2.15. The molecule has 21 heavy (non-hydrogen) atoms. The normalized spacial score (nSPS) is 12.0. The standard InChI is InChI=1S/C16H17NO4/c1-10-4-5-12(8-11(10)2)16(18)13-6-7-15(21-3)14(9-13)17(19)20/h4-9,16,18H,1-3H3/t16-/m0/s1. The van der Waals surface area contributed by atoms with Crippen LogP contribution in [-0.2, 0) is 0 Å². The third-order valence-corrected chi connectivity index (χ3v) is 3.56. The van der Waals surface area contributed by atoms with Crippen molar-refractivity contribution in [3.05, 3.63) is 68.8 Å². The van der Waals surface area contributed by atoms with Gasteiger partial charge in [-0.2, -0.15) is 0 Å². The van der Waals surface area contributed by atoms with Crippen molar-refractivity contribution in [1.29, 1.82) is 0 Å². The molecule has 5 heteroatoms. The van der Waals surface area contributed by atoms with Gasteiger partial charge in [0.2, 0.25) is 0 Å². The molecule has 0 fully saturated rings.